The molecule has 2 unspecified atom stereocenters. The van der Waals surface area contributed by atoms with Crippen molar-refractivity contribution in [2.24, 2.45) is 0 Å². The van der Waals surface area contributed by atoms with Crippen LogP contribution in [0.3, 0.4) is 0 Å². The summed E-state index contributed by atoms with van der Waals surface area (Å²) >= 11 is 0. The van der Waals surface area contributed by atoms with E-state index < -0.39 is 0 Å². The van der Waals surface area contributed by atoms with Gasteiger partial charge in [0, 0.05) is 0 Å². The minimum atomic E-state index is -0.285. The van der Waals surface area contributed by atoms with Gasteiger partial charge in [-0.3, -0.25) is 0 Å². The van der Waals surface area contributed by atoms with E-state index in [2.05, 4.69) is 24.4 Å². The van der Waals surface area contributed by atoms with Gasteiger partial charge >= 0.3 is 0 Å². The number of hydrogen-bond acceptors (Lipinski definition) is 2. The zero-order chi connectivity index (χ0) is 15.2. The van der Waals surface area contributed by atoms with Gasteiger partial charge < -0.3 is 10.1 Å². The van der Waals surface area contributed by atoms with E-state index in [9.17, 15) is 4.39 Å². The van der Waals surface area contributed by atoms with Gasteiger partial charge in [0.15, 0.2) is 11.6 Å². The first-order chi connectivity index (χ1) is 10.1. The second-order valence-corrected chi connectivity index (χ2v) is 5.16. The maximum absolute atomic E-state index is 14.1. The molecule has 3 heteroatoms. The van der Waals surface area contributed by atoms with Gasteiger partial charge in [0.05, 0.1) is 6.04 Å². The molecule has 0 radical (unpaired) electrons. The van der Waals surface area contributed by atoms with Crippen LogP contribution in [0, 0.1) is 12.7 Å². The fraction of sp³-hybridized carbons (Fsp3) is 0.333. The van der Waals surface area contributed by atoms with Crippen LogP contribution in [0.1, 0.15) is 31.0 Å². The lowest BCUT2D eigenvalue weighted by atomic mass is 10.0. The Kier molecular flexibility index (Phi) is 5.34. The highest BCUT2D eigenvalue weighted by Crippen LogP contribution is 2.25. The lowest BCUT2D eigenvalue weighted by molar-refractivity contribution is 0.164. The Labute approximate surface area is 126 Å². The monoisotopic (exact) mass is 287 g/mol. The Morgan fingerprint density at radius 1 is 1.10 bits per heavy atom. The molecule has 0 aliphatic rings. The zero-order valence-corrected chi connectivity index (χ0v) is 12.8. The number of benzene rings is 2. The molecular formula is C18H22FNO. The highest BCUT2D eigenvalue weighted by atomic mass is 19.1. The van der Waals surface area contributed by atoms with Crippen molar-refractivity contribution in [2.75, 3.05) is 6.54 Å². The second kappa shape index (κ2) is 7.23. The van der Waals surface area contributed by atoms with E-state index >= 15 is 0 Å². The van der Waals surface area contributed by atoms with Crippen LogP contribution in [0.5, 0.6) is 5.75 Å². The average Bonchev–Trinajstić information content (AvgIpc) is 2.50. The van der Waals surface area contributed by atoms with Crippen molar-refractivity contribution in [2.45, 2.75) is 32.9 Å². The van der Waals surface area contributed by atoms with Crippen molar-refractivity contribution in [3.8, 4) is 5.75 Å². The summed E-state index contributed by atoms with van der Waals surface area (Å²) < 4.78 is 19.9. The molecule has 2 rings (SSSR count). The fourth-order valence-electron chi connectivity index (χ4n) is 2.41. The highest BCUT2D eigenvalue weighted by molar-refractivity contribution is 5.31. The lowest BCUT2D eigenvalue weighted by Gasteiger charge is -2.26. The molecule has 21 heavy (non-hydrogen) atoms. The fourth-order valence-corrected chi connectivity index (χ4v) is 2.41. The van der Waals surface area contributed by atoms with Gasteiger partial charge in [0.1, 0.15) is 6.10 Å². The molecule has 0 heterocycles. The lowest BCUT2D eigenvalue weighted by Crippen LogP contribution is -2.34. The molecule has 2 nitrogen and oxygen atoms in total. The van der Waals surface area contributed by atoms with Crippen LogP contribution in [-0.4, -0.2) is 12.6 Å². The van der Waals surface area contributed by atoms with E-state index in [1.807, 2.05) is 31.2 Å². The molecule has 0 saturated heterocycles. The van der Waals surface area contributed by atoms with Crippen LogP contribution in [0.15, 0.2) is 48.5 Å². The van der Waals surface area contributed by atoms with E-state index in [0.29, 0.717) is 11.3 Å². The third-order valence-corrected chi connectivity index (χ3v) is 3.52. The predicted octanol–water partition coefficient (Wildman–Crippen LogP) is 4.25. The van der Waals surface area contributed by atoms with Crippen molar-refractivity contribution in [3.05, 3.63) is 65.5 Å². The van der Waals surface area contributed by atoms with Gasteiger partial charge in [-0.05, 0) is 37.6 Å². The highest BCUT2D eigenvalue weighted by Gasteiger charge is 2.21. The molecule has 0 fully saturated rings. The summed E-state index contributed by atoms with van der Waals surface area (Å²) in [5, 5.41) is 3.41. The summed E-state index contributed by atoms with van der Waals surface area (Å²) in [6.45, 7) is 6.58. The van der Waals surface area contributed by atoms with Crippen LogP contribution in [0.25, 0.3) is 0 Å². The van der Waals surface area contributed by atoms with Gasteiger partial charge in [-0.25, -0.2) is 4.39 Å². The number of rotatable bonds is 6. The third kappa shape index (κ3) is 3.82. The normalized spacial score (nSPS) is 13.7. The second-order valence-electron chi connectivity index (χ2n) is 5.16. The number of nitrogens with one attached hydrogen (secondary N) is 1. The van der Waals surface area contributed by atoms with Gasteiger partial charge in [0.25, 0.3) is 0 Å². The minimum Gasteiger partial charge on any atom is -0.486 e. The third-order valence-electron chi connectivity index (χ3n) is 3.52. The molecular weight excluding hydrogens is 265 g/mol. The number of halogens is 1. The quantitative estimate of drug-likeness (QED) is 0.857. The Hall–Kier alpha value is -1.87. The van der Waals surface area contributed by atoms with Crippen molar-refractivity contribution in [3.63, 3.8) is 0 Å². The predicted molar refractivity (Wildman–Crippen MR) is 84.1 cm³/mol. The molecule has 0 aromatic heterocycles. The van der Waals surface area contributed by atoms with E-state index in [0.717, 1.165) is 12.1 Å². The summed E-state index contributed by atoms with van der Waals surface area (Å²) in [5.41, 5.74) is 1.74. The van der Waals surface area contributed by atoms with E-state index in [-0.39, 0.29) is 18.0 Å². The summed E-state index contributed by atoms with van der Waals surface area (Å²) in [6.07, 6.45) is -0.177. The SMILES string of the molecule is CCNC(c1ccccc1)C(C)Oc1cccc(C)c1F. The van der Waals surface area contributed by atoms with Crippen LogP contribution < -0.4 is 10.1 Å². The van der Waals surface area contributed by atoms with Crippen molar-refractivity contribution in [1.29, 1.82) is 0 Å². The summed E-state index contributed by atoms with van der Waals surface area (Å²) in [6, 6.07) is 15.3. The zero-order valence-electron chi connectivity index (χ0n) is 12.8. The first kappa shape index (κ1) is 15.5. The van der Waals surface area contributed by atoms with Crippen molar-refractivity contribution >= 4 is 0 Å². The van der Waals surface area contributed by atoms with Crippen LogP contribution in [0.2, 0.25) is 0 Å². The minimum absolute atomic E-state index is 0.0242. The largest absolute Gasteiger partial charge is 0.486 e. The topological polar surface area (TPSA) is 21.3 Å². The van der Waals surface area contributed by atoms with E-state index in [4.69, 9.17) is 4.74 Å². The first-order valence-corrected chi connectivity index (χ1v) is 7.33. The molecule has 0 spiro atoms. The Morgan fingerprint density at radius 3 is 2.48 bits per heavy atom. The average molecular weight is 287 g/mol. The molecule has 2 aromatic rings. The van der Waals surface area contributed by atoms with Gasteiger partial charge in [-0.15, -0.1) is 0 Å². The molecule has 2 aromatic carbocycles. The van der Waals surface area contributed by atoms with Crippen LogP contribution in [-0.2, 0) is 0 Å². The number of likely N-dealkylation sites (N-methyl/N-ethyl adjacent to an activating group) is 1. The molecule has 0 aliphatic heterocycles. The van der Waals surface area contributed by atoms with Crippen LogP contribution >= 0.6 is 0 Å². The van der Waals surface area contributed by atoms with Gasteiger partial charge in [0.2, 0.25) is 0 Å². The Balaban J connectivity index is 2.19. The number of ether oxygens (including phenoxy) is 1. The van der Waals surface area contributed by atoms with Crippen molar-refractivity contribution in [1.82, 2.24) is 5.32 Å². The number of aryl methyl sites for hydroxylation is 1. The maximum Gasteiger partial charge on any atom is 0.167 e. The Bertz CT molecular complexity index is 571. The van der Waals surface area contributed by atoms with Crippen LogP contribution in [0.4, 0.5) is 4.39 Å². The molecule has 0 bridgehead atoms. The molecule has 0 aliphatic carbocycles. The van der Waals surface area contributed by atoms with Gasteiger partial charge in [-0.1, -0.05) is 49.4 Å². The smallest absolute Gasteiger partial charge is 0.167 e. The Morgan fingerprint density at radius 2 is 1.81 bits per heavy atom. The van der Waals surface area contributed by atoms with Crippen molar-refractivity contribution < 1.29 is 9.13 Å². The molecule has 2 atom stereocenters. The van der Waals surface area contributed by atoms with Gasteiger partial charge in [-0.2, -0.15) is 0 Å². The first-order valence-electron chi connectivity index (χ1n) is 7.33. The van der Waals surface area contributed by atoms with E-state index in [1.165, 1.54) is 0 Å². The molecule has 112 valence electrons. The molecule has 1 N–H and O–H groups in total. The molecule has 0 amide bonds. The summed E-state index contributed by atoms with van der Waals surface area (Å²) in [5.74, 6) is 0.0222. The number of hydrogen-bond donors (Lipinski definition) is 1. The molecule has 0 saturated carbocycles. The summed E-state index contributed by atoms with van der Waals surface area (Å²) in [7, 11) is 0. The standard InChI is InChI=1S/C18H22FNO/c1-4-20-18(15-10-6-5-7-11-15)14(3)21-16-12-8-9-13(2)17(16)19/h5-12,14,18,20H,4H2,1-3H3. The van der Waals surface area contributed by atoms with E-state index in [1.54, 1.807) is 19.1 Å². The maximum atomic E-state index is 14.1. The summed E-state index contributed by atoms with van der Waals surface area (Å²) in [4.78, 5) is 0.